The van der Waals surface area contributed by atoms with Crippen molar-refractivity contribution < 1.29 is 4.74 Å². The summed E-state index contributed by atoms with van der Waals surface area (Å²) in [7, 11) is 1.72. The highest BCUT2D eigenvalue weighted by molar-refractivity contribution is 14.0. The molecule has 31 heavy (non-hydrogen) atoms. The summed E-state index contributed by atoms with van der Waals surface area (Å²) in [6.07, 6.45) is 6.49. The van der Waals surface area contributed by atoms with Crippen molar-refractivity contribution in [1.82, 2.24) is 25.7 Å². The van der Waals surface area contributed by atoms with E-state index in [0.717, 1.165) is 63.0 Å². The molecule has 1 fully saturated rings. The minimum Gasteiger partial charge on any atom is -0.497 e. The summed E-state index contributed by atoms with van der Waals surface area (Å²) in [6.45, 7) is 8.88. The van der Waals surface area contributed by atoms with Gasteiger partial charge in [-0.3, -0.25) is 15.0 Å². The van der Waals surface area contributed by atoms with Gasteiger partial charge >= 0.3 is 0 Å². The zero-order valence-electron chi connectivity index (χ0n) is 19.0. The van der Waals surface area contributed by atoms with Gasteiger partial charge in [0.1, 0.15) is 5.75 Å². The molecule has 0 radical (unpaired) electrons. The first-order valence-electron chi connectivity index (χ1n) is 11.1. The predicted molar refractivity (Wildman–Crippen MR) is 138 cm³/mol. The molecule has 2 aromatic rings. The number of rotatable bonds is 10. The normalized spacial score (nSPS) is 15.4. The van der Waals surface area contributed by atoms with Crippen LogP contribution in [0.15, 0.2) is 35.5 Å². The summed E-state index contributed by atoms with van der Waals surface area (Å²) >= 11 is 0. The first-order chi connectivity index (χ1) is 14.7. The smallest absolute Gasteiger partial charge is 0.191 e. The minimum atomic E-state index is 0. The molecule has 0 aliphatic carbocycles. The quantitative estimate of drug-likeness (QED) is 0.186. The average molecular weight is 540 g/mol. The molecule has 3 N–H and O–H groups in total. The summed E-state index contributed by atoms with van der Waals surface area (Å²) in [5.41, 5.74) is 3.71. The molecule has 1 aromatic carbocycles. The Hall–Kier alpha value is -1.81. The number of aryl methyl sites for hydroxylation is 2. The third-order valence-corrected chi connectivity index (χ3v) is 5.68. The number of aliphatic imine (C=N–C) groups is 1. The number of likely N-dealkylation sites (tertiary alicyclic amines) is 1. The Morgan fingerprint density at radius 1 is 1.29 bits per heavy atom. The van der Waals surface area contributed by atoms with Crippen LogP contribution in [0.2, 0.25) is 0 Å². The molecular weight excluding hydrogens is 503 g/mol. The Morgan fingerprint density at radius 2 is 2.10 bits per heavy atom. The largest absolute Gasteiger partial charge is 0.497 e. The zero-order valence-corrected chi connectivity index (χ0v) is 21.3. The van der Waals surface area contributed by atoms with Gasteiger partial charge in [0.05, 0.1) is 25.9 Å². The van der Waals surface area contributed by atoms with E-state index in [2.05, 4.69) is 57.8 Å². The number of aromatic nitrogens is 2. The van der Waals surface area contributed by atoms with Gasteiger partial charge in [0.15, 0.2) is 5.96 Å². The lowest BCUT2D eigenvalue weighted by molar-refractivity contribution is 0.251. The van der Waals surface area contributed by atoms with Crippen LogP contribution in [0.3, 0.4) is 0 Å². The molecule has 1 saturated heterocycles. The van der Waals surface area contributed by atoms with Crippen LogP contribution in [0, 0.1) is 6.92 Å². The van der Waals surface area contributed by atoms with Crippen molar-refractivity contribution in [2.75, 3.05) is 39.8 Å². The molecule has 7 nitrogen and oxygen atoms in total. The third kappa shape index (κ3) is 7.68. The number of hydrogen-bond acceptors (Lipinski definition) is 4. The molecule has 0 spiro atoms. The summed E-state index contributed by atoms with van der Waals surface area (Å²) in [5.74, 6) is 1.79. The predicted octanol–water partition coefficient (Wildman–Crippen LogP) is 3.67. The maximum atomic E-state index is 5.45. The molecule has 0 amide bonds. The van der Waals surface area contributed by atoms with Gasteiger partial charge in [-0.05, 0) is 75.9 Å². The van der Waals surface area contributed by atoms with E-state index in [0.29, 0.717) is 0 Å². The second-order valence-electron chi connectivity index (χ2n) is 7.81. The van der Waals surface area contributed by atoms with Crippen molar-refractivity contribution in [2.24, 2.45) is 4.99 Å². The van der Waals surface area contributed by atoms with E-state index in [-0.39, 0.29) is 30.0 Å². The highest BCUT2D eigenvalue weighted by Crippen LogP contribution is 2.27. The molecule has 1 aromatic heterocycles. The Balaban J connectivity index is 0.00000341. The topological polar surface area (TPSA) is 77.6 Å². The number of nitrogens with zero attached hydrogens (tertiary/aromatic N) is 3. The van der Waals surface area contributed by atoms with Crippen LogP contribution in [0.25, 0.3) is 0 Å². The molecule has 3 rings (SSSR count). The van der Waals surface area contributed by atoms with Crippen LogP contribution in [0.1, 0.15) is 49.0 Å². The second-order valence-corrected chi connectivity index (χ2v) is 7.81. The minimum absolute atomic E-state index is 0. The van der Waals surface area contributed by atoms with Crippen molar-refractivity contribution in [3.8, 4) is 5.75 Å². The summed E-state index contributed by atoms with van der Waals surface area (Å²) < 4.78 is 5.45. The van der Waals surface area contributed by atoms with E-state index in [4.69, 9.17) is 9.73 Å². The van der Waals surface area contributed by atoms with Gasteiger partial charge < -0.3 is 15.4 Å². The number of H-pyrrole nitrogens is 1. The van der Waals surface area contributed by atoms with Crippen molar-refractivity contribution in [2.45, 2.75) is 45.6 Å². The third-order valence-electron chi connectivity index (χ3n) is 5.68. The van der Waals surface area contributed by atoms with Crippen LogP contribution in [-0.4, -0.2) is 60.9 Å². The molecule has 1 unspecified atom stereocenters. The molecule has 0 saturated carbocycles. The SMILES string of the molecule is CCNC(=NCC(c1cccc(OC)c1)N1CCCC1)NCCCc1cn[nH]c1C.I. The molecular formula is C23H37IN6O. The second kappa shape index (κ2) is 13.6. The van der Waals surface area contributed by atoms with Gasteiger partial charge in [0.25, 0.3) is 0 Å². The van der Waals surface area contributed by atoms with Crippen LogP contribution in [-0.2, 0) is 6.42 Å². The summed E-state index contributed by atoms with van der Waals surface area (Å²) in [6, 6.07) is 8.68. The van der Waals surface area contributed by atoms with Crippen molar-refractivity contribution in [3.05, 3.63) is 47.3 Å². The van der Waals surface area contributed by atoms with Crippen molar-refractivity contribution in [1.29, 1.82) is 0 Å². The fourth-order valence-electron chi connectivity index (χ4n) is 3.97. The number of methoxy groups -OCH3 is 1. The lowest BCUT2D eigenvalue weighted by Gasteiger charge is -2.27. The van der Waals surface area contributed by atoms with Gasteiger partial charge in [-0.1, -0.05) is 12.1 Å². The lowest BCUT2D eigenvalue weighted by atomic mass is 10.1. The van der Waals surface area contributed by atoms with Crippen LogP contribution in [0.5, 0.6) is 5.75 Å². The maximum absolute atomic E-state index is 5.45. The molecule has 1 atom stereocenters. The number of hydrogen-bond donors (Lipinski definition) is 3. The van der Waals surface area contributed by atoms with Gasteiger partial charge in [-0.25, -0.2) is 0 Å². The van der Waals surface area contributed by atoms with E-state index in [1.807, 2.05) is 12.3 Å². The number of halogens is 1. The Morgan fingerprint density at radius 3 is 2.77 bits per heavy atom. The van der Waals surface area contributed by atoms with Crippen LogP contribution < -0.4 is 15.4 Å². The molecule has 172 valence electrons. The highest BCUT2D eigenvalue weighted by Gasteiger charge is 2.23. The number of nitrogens with one attached hydrogen (secondary N) is 3. The van der Waals surface area contributed by atoms with Crippen molar-refractivity contribution >= 4 is 29.9 Å². The van der Waals surface area contributed by atoms with Gasteiger partial charge in [-0.15, -0.1) is 24.0 Å². The highest BCUT2D eigenvalue weighted by atomic mass is 127. The summed E-state index contributed by atoms with van der Waals surface area (Å²) in [4.78, 5) is 7.48. The fraction of sp³-hybridized carbons (Fsp3) is 0.565. The Kier molecular flexibility index (Phi) is 11.1. The fourth-order valence-corrected chi connectivity index (χ4v) is 3.97. The Bertz CT molecular complexity index is 803. The number of guanidine groups is 1. The van der Waals surface area contributed by atoms with Gasteiger partial charge in [0.2, 0.25) is 0 Å². The molecule has 8 heteroatoms. The maximum Gasteiger partial charge on any atom is 0.191 e. The number of aromatic amines is 1. The molecule has 1 aliphatic rings. The molecule has 1 aliphatic heterocycles. The van der Waals surface area contributed by atoms with Crippen LogP contribution in [0.4, 0.5) is 0 Å². The van der Waals surface area contributed by atoms with E-state index in [1.165, 1.54) is 24.0 Å². The zero-order chi connectivity index (χ0) is 21.2. The van der Waals surface area contributed by atoms with E-state index < -0.39 is 0 Å². The van der Waals surface area contributed by atoms with Gasteiger partial charge in [-0.2, -0.15) is 5.10 Å². The lowest BCUT2D eigenvalue weighted by Crippen LogP contribution is -2.39. The number of benzene rings is 1. The number of ether oxygens (including phenoxy) is 1. The summed E-state index contributed by atoms with van der Waals surface area (Å²) in [5, 5.41) is 14.0. The Labute approximate surface area is 203 Å². The first kappa shape index (κ1) is 25.5. The van der Waals surface area contributed by atoms with Crippen molar-refractivity contribution in [3.63, 3.8) is 0 Å². The first-order valence-corrected chi connectivity index (χ1v) is 11.1. The monoisotopic (exact) mass is 540 g/mol. The molecule has 0 bridgehead atoms. The standard InChI is InChI=1S/C23H36N6O.HI/c1-4-24-23(25-12-8-10-20-16-27-28-18(20)2)26-17-22(29-13-5-6-14-29)19-9-7-11-21(15-19)30-3;/h7,9,11,15-16,22H,4-6,8,10,12-14,17H2,1-3H3,(H,27,28)(H2,24,25,26);1H. The van der Waals surface area contributed by atoms with Gasteiger partial charge in [0, 0.05) is 18.8 Å². The van der Waals surface area contributed by atoms with E-state index in [1.54, 1.807) is 7.11 Å². The average Bonchev–Trinajstić information content (AvgIpc) is 3.43. The molecule has 2 heterocycles. The van der Waals surface area contributed by atoms with E-state index in [9.17, 15) is 0 Å². The van der Waals surface area contributed by atoms with Crippen LogP contribution >= 0.6 is 24.0 Å². The van der Waals surface area contributed by atoms with E-state index >= 15 is 0 Å².